The molecular formula is C14H24N2S. The number of fused-ring (bicyclic) bond motifs is 1. The fraction of sp³-hybridized carbons (Fsp3) is 0.786. The molecule has 0 fully saturated rings. The van der Waals surface area contributed by atoms with Gasteiger partial charge in [0, 0.05) is 4.88 Å². The van der Waals surface area contributed by atoms with Gasteiger partial charge in [0.25, 0.3) is 0 Å². The summed E-state index contributed by atoms with van der Waals surface area (Å²) in [6, 6.07) is 0. The molecule has 0 aromatic carbocycles. The maximum atomic E-state index is 4.89. The Hall–Kier alpha value is -0.410. The van der Waals surface area contributed by atoms with Crippen molar-refractivity contribution in [3.63, 3.8) is 0 Å². The van der Waals surface area contributed by atoms with Crippen LogP contribution in [0, 0.1) is 0 Å². The molecule has 1 aliphatic rings. The number of nitrogens with one attached hydrogen (secondary N) is 1. The normalized spacial score (nSPS) is 18.1. The van der Waals surface area contributed by atoms with E-state index in [0.717, 1.165) is 6.54 Å². The van der Waals surface area contributed by atoms with Gasteiger partial charge in [0.05, 0.1) is 11.2 Å². The van der Waals surface area contributed by atoms with E-state index in [1.54, 1.807) is 4.88 Å². The fourth-order valence-corrected chi connectivity index (χ4v) is 3.90. The Morgan fingerprint density at radius 2 is 2.12 bits per heavy atom. The van der Waals surface area contributed by atoms with Crippen molar-refractivity contribution in [1.82, 2.24) is 10.3 Å². The molecule has 1 aromatic heterocycles. The van der Waals surface area contributed by atoms with Gasteiger partial charge in [-0.2, -0.15) is 0 Å². The Kier molecular flexibility index (Phi) is 4.21. The van der Waals surface area contributed by atoms with Crippen LogP contribution >= 0.6 is 11.3 Å². The number of hydrogen-bond acceptors (Lipinski definition) is 3. The Morgan fingerprint density at radius 3 is 2.76 bits per heavy atom. The first-order valence-electron chi connectivity index (χ1n) is 6.93. The maximum absolute atomic E-state index is 4.89. The molecule has 1 atom stereocenters. The van der Waals surface area contributed by atoms with E-state index in [1.165, 1.54) is 49.2 Å². The average molecular weight is 252 g/mol. The summed E-state index contributed by atoms with van der Waals surface area (Å²) in [7, 11) is 0. The second-order valence-electron chi connectivity index (χ2n) is 5.25. The predicted octanol–water partition coefficient (Wildman–Crippen LogP) is 3.65. The van der Waals surface area contributed by atoms with Crippen LogP contribution in [0.25, 0.3) is 0 Å². The van der Waals surface area contributed by atoms with Crippen molar-refractivity contribution in [3.05, 3.63) is 15.6 Å². The molecule has 0 bridgehead atoms. The largest absolute Gasteiger partial charge is 0.306 e. The van der Waals surface area contributed by atoms with Crippen molar-refractivity contribution < 1.29 is 0 Å². The molecule has 96 valence electrons. The number of hydrogen-bond donors (Lipinski definition) is 1. The Bertz CT molecular complexity index is 351. The molecule has 1 aromatic rings. The van der Waals surface area contributed by atoms with Gasteiger partial charge < -0.3 is 5.32 Å². The van der Waals surface area contributed by atoms with E-state index >= 15 is 0 Å². The van der Waals surface area contributed by atoms with Crippen LogP contribution in [0.2, 0.25) is 0 Å². The van der Waals surface area contributed by atoms with Gasteiger partial charge in [-0.25, -0.2) is 4.98 Å². The molecule has 1 N–H and O–H groups in total. The number of aryl methyl sites for hydroxylation is 2. The van der Waals surface area contributed by atoms with Crippen LogP contribution in [-0.2, 0) is 18.4 Å². The Labute approximate surface area is 109 Å². The van der Waals surface area contributed by atoms with Crippen LogP contribution in [0.3, 0.4) is 0 Å². The maximum Gasteiger partial charge on any atom is 0.113 e. The van der Waals surface area contributed by atoms with Crippen LogP contribution in [0.4, 0.5) is 0 Å². The quantitative estimate of drug-likeness (QED) is 0.836. The van der Waals surface area contributed by atoms with Crippen molar-refractivity contribution in [3.8, 4) is 0 Å². The summed E-state index contributed by atoms with van der Waals surface area (Å²) < 4.78 is 0. The van der Waals surface area contributed by atoms with Gasteiger partial charge in [-0.05, 0) is 45.6 Å². The van der Waals surface area contributed by atoms with Crippen molar-refractivity contribution >= 4 is 11.3 Å². The average Bonchev–Trinajstić information content (AvgIpc) is 2.87. The number of aromatic nitrogens is 1. The van der Waals surface area contributed by atoms with Crippen molar-refractivity contribution in [1.29, 1.82) is 0 Å². The molecule has 17 heavy (non-hydrogen) atoms. The minimum Gasteiger partial charge on any atom is -0.306 e. The lowest BCUT2D eigenvalue weighted by Crippen LogP contribution is -2.39. The second-order valence-corrected chi connectivity index (χ2v) is 6.33. The van der Waals surface area contributed by atoms with Gasteiger partial charge in [0.1, 0.15) is 5.01 Å². The van der Waals surface area contributed by atoms with Gasteiger partial charge in [-0.3, -0.25) is 0 Å². The number of nitrogens with zero attached hydrogens (tertiary/aromatic N) is 1. The van der Waals surface area contributed by atoms with Crippen molar-refractivity contribution in [2.75, 3.05) is 6.54 Å². The highest BCUT2D eigenvalue weighted by molar-refractivity contribution is 7.12. The van der Waals surface area contributed by atoms with Gasteiger partial charge in [0.15, 0.2) is 0 Å². The first-order valence-corrected chi connectivity index (χ1v) is 7.75. The zero-order valence-corrected chi connectivity index (χ0v) is 12.1. The highest BCUT2D eigenvalue weighted by Gasteiger charge is 2.30. The molecule has 2 rings (SSSR count). The summed E-state index contributed by atoms with van der Waals surface area (Å²) in [5, 5.41) is 5.02. The second kappa shape index (κ2) is 5.49. The lowest BCUT2D eigenvalue weighted by Gasteiger charge is -2.28. The van der Waals surface area contributed by atoms with Gasteiger partial charge in [-0.1, -0.05) is 20.3 Å². The van der Waals surface area contributed by atoms with Gasteiger partial charge >= 0.3 is 0 Å². The molecule has 0 saturated carbocycles. The highest BCUT2D eigenvalue weighted by Crippen LogP contribution is 2.35. The van der Waals surface area contributed by atoms with Crippen LogP contribution < -0.4 is 5.32 Å². The molecule has 1 unspecified atom stereocenters. The van der Waals surface area contributed by atoms with Crippen LogP contribution in [0.5, 0.6) is 0 Å². The third-order valence-electron chi connectivity index (χ3n) is 3.58. The third kappa shape index (κ3) is 2.71. The molecule has 0 spiro atoms. The summed E-state index contributed by atoms with van der Waals surface area (Å²) in [4.78, 5) is 6.43. The van der Waals surface area contributed by atoms with E-state index in [2.05, 4.69) is 26.1 Å². The Morgan fingerprint density at radius 1 is 1.29 bits per heavy atom. The van der Waals surface area contributed by atoms with E-state index in [1.807, 2.05) is 11.3 Å². The summed E-state index contributed by atoms with van der Waals surface area (Å²) in [5.74, 6) is 0. The lowest BCUT2D eigenvalue weighted by molar-refractivity contribution is 0.335. The molecule has 1 heterocycles. The molecule has 0 aliphatic heterocycles. The van der Waals surface area contributed by atoms with E-state index < -0.39 is 0 Å². The number of thiazole rings is 1. The van der Waals surface area contributed by atoms with E-state index in [4.69, 9.17) is 4.98 Å². The summed E-state index contributed by atoms with van der Waals surface area (Å²) in [6.07, 6.45) is 7.33. The van der Waals surface area contributed by atoms with Gasteiger partial charge in [0.2, 0.25) is 0 Å². The van der Waals surface area contributed by atoms with E-state index in [-0.39, 0.29) is 5.54 Å². The monoisotopic (exact) mass is 252 g/mol. The molecule has 2 nitrogen and oxygen atoms in total. The van der Waals surface area contributed by atoms with Crippen LogP contribution in [0.1, 0.15) is 62.0 Å². The third-order valence-corrected chi connectivity index (χ3v) is 5.00. The van der Waals surface area contributed by atoms with E-state index in [0.29, 0.717) is 0 Å². The Balaban J connectivity index is 2.18. The molecule has 0 amide bonds. The number of rotatable bonds is 6. The molecule has 3 heteroatoms. The molecule has 0 saturated heterocycles. The fourth-order valence-electron chi connectivity index (χ4n) is 2.60. The summed E-state index contributed by atoms with van der Waals surface area (Å²) in [6.45, 7) is 7.88. The minimum absolute atomic E-state index is 0.0970. The zero-order valence-electron chi connectivity index (χ0n) is 11.3. The van der Waals surface area contributed by atoms with E-state index in [9.17, 15) is 0 Å². The molecule has 0 radical (unpaired) electrons. The molecule has 1 aliphatic carbocycles. The van der Waals surface area contributed by atoms with Crippen LogP contribution in [-0.4, -0.2) is 11.5 Å². The van der Waals surface area contributed by atoms with Gasteiger partial charge in [-0.15, -0.1) is 11.3 Å². The smallest absolute Gasteiger partial charge is 0.113 e. The predicted molar refractivity (Wildman–Crippen MR) is 74.7 cm³/mol. The molecular weight excluding hydrogens is 228 g/mol. The SMILES string of the molecule is CCCNC(C)(CCC)c1nc2c(s1)CCC2. The topological polar surface area (TPSA) is 24.9 Å². The summed E-state index contributed by atoms with van der Waals surface area (Å²) in [5.41, 5.74) is 1.48. The van der Waals surface area contributed by atoms with Crippen molar-refractivity contribution in [2.45, 2.75) is 64.8 Å². The first-order chi connectivity index (χ1) is 8.19. The van der Waals surface area contributed by atoms with Crippen molar-refractivity contribution in [2.24, 2.45) is 0 Å². The standard InChI is InChI=1S/C14H24N2S/c1-4-9-14(3,15-10-5-2)13-16-11-7-6-8-12(11)17-13/h15H,4-10H2,1-3H3. The summed E-state index contributed by atoms with van der Waals surface area (Å²) >= 11 is 1.95. The zero-order chi connectivity index (χ0) is 12.3. The highest BCUT2D eigenvalue weighted by atomic mass is 32.1. The minimum atomic E-state index is 0.0970. The van der Waals surface area contributed by atoms with Crippen LogP contribution in [0.15, 0.2) is 0 Å². The lowest BCUT2D eigenvalue weighted by atomic mass is 9.96. The first kappa shape index (κ1) is 13.0.